The Morgan fingerprint density at radius 3 is 2.50 bits per heavy atom. The number of halogens is 1. The molecule has 1 aromatic heterocycles. The predicted octanol–water partition coefficient (Wildman–Crippen LogP) is 2.80. The number of hydrogen-bond acceptors (Lipinski definition) is 6. The van der Waals surface area contributed by atoms with Gasteiger partial charge in [0.25, 0.3) is 5.91 Å². The lowest BCUT2D eigenvalue weighted by Gasteiger charge is -2.40. The Balaban J connectivity index is 0.00000256. The fourth-order valence-corrected chi connectivity index (χ4v) is 6.62. The van der Waals surface area contributed by atoms with E-state index in [0.717, 1.165) is 48.4 Å². The van der Waals surface area contributed by atoms with Crippen molar-refractivity contribution in [3.63, 3.8) is 0 Å². The molecule has 1 aromatic carbocycles. The van der Waals surface area contributed by atoms with Crippen molar-refractivity contribution < 1.29 is 17.9 Å². The summed E-state index contributed by atoms with van der Waals surface area (Å²) in [5.41, 5.74) is 8.56. The van der Waals surface area contributed by atoms with Crippen molar-refractivity contribution in [2.24, 2.45) is 5.73 Å². The highest BCUT2D eigenvalue weighted by atomic mass is 35.5. The van der Waals surface area contributed by atoms with Crippen molar-refractivity contribution in [3.05, 3.63) is 50.7 Å². The fraction of sp³-hybridized carbons (Fsp3) is 0.476. The Kier molecular flexibility index (Phi) is 6.94. The van der Waals surface area contributed by atoms with Crippen molar-refractivity contribution in [2.45, 2.75) is 43.1 Å². The maximum absolute atomic E-state index is 12.2. The number of rotatable bonds is 5. The van der Waals surface area contributed by atoms with Crippen LogP contribution in [0.15, 0.2) is 29.2 Å². The van der Waals surface area contributed by atoms with Crippen molar-refractivity contribution >= 4 is 39.5 Å². The third-order valence-electron chi connectivity index (χ3n) is 5.94. The zero-order chi connectivity index (χ0) is 20.6. The summed E-state index contributed by atoms with van der Waals surface area (Å²) < 4.78 is 30.4. The molecule has 3 heterocycles. The van der Waals surface area contributed by atoms with E-state index >= 15 is 0 Å². The van der Waals surface area contributed by atoms with E-state index in [9.17, 15) is 13.2 Å². The minimum atomic E-state index is -3.23. The maximum Gasteiger partial charge on any atom is 0.259 e. The zero-order valence-electron chi connectivity index (χ0n) is 16.9. The van der Waals surface area contributed by atoms with Crippen molar-refractivity contribution in [3.8, 4) is 0 Å². The molecule has 3 N–H and O–H groups in total. The van der Waals surface area contributed by atoms with Gasteiger partial charge >= 0.3 is 0 Å². The van der Waals surface area contributed by atoms with E-state index in [1.165, 1.54) is 16.9 Å². The van der Waals surface area contributed by atoms with Gasteiger partial charge in [-0.3, -0.25) is 4.79 Å². The highest BCUT2D eigenvalue weighted by molar-refractivity contribution is 7.91. The Labute approximate surface area is 187 Å². The summed E-state index contributed by atoms with van der Waals surface area (Å²) in [7, 11) is -3.23. The molecular weight excluding hydrogens is 444 g/mol. The molecular formula is C21H27ClN2O4S2. The number of benzene rings is 1. The lowest BCUT2D eigenvalue weighted by atomic mass is 9.84. The quantitative estimate of drug-likeness (QED) is 0.700. The number of primary amides is 1. The van der Waals surface area contributed by atoms with Crippen LogP contribution in [-0.2, 0) is 33.0 Å². The molecule has 0 unspecified atom stereocenters. The second-order valence-corrected chi connectivity index (χ2v) is 10.9. The van der Waals surface area contributed by atoms with E-state index in [2.05, 4.69) is 5.32 Å². The Morgan fingerprint density at radius 1 is 1.23 bits per heavy atom. The second kappa shape index (κ2) is 8.96. The molecule has 2 aliphatic rings. The highest BCUT2D eigenvalue weighted by Crippen LogP contribution is 2.46. The first-order chi connectivity index (χ1) is 13.9. The van der Waals surface area contributed by atoms with E-state index in [0.29, 0.717) is 22.8 Å². The molecule has 30 heavy (non-hydrogen) atoms. The molecule has 6 nitrogen and oxygen atoms in total. The van der Waals surface area contributed by atoms with Gasteiger partial charge < -0.3 is 15.8 Å². The third kappa shape index (κ3) is 4.16. The van der Waals surface area contributed by atoms with Crippen LogP contribution in [0.4, 0.5) is 0 Å². The van der Waals surface area contributed by atoms with Crippen LogP contribution in [0.1, 0.15) is 51.0 Å². The van der Waals surface area contributed by atoms with Gasteiger partial charge in [-0.15, -0.1) is 23.7 Å². The van der Waals surface area contributed by atoms with Gasteiger partial charge in [-0.05, 0) is 67.6 Å². The first-order valence-corrected chi connectivity index (χ1v) is 12.4. The molecule has 1 amide bonds. The molecule has 0 bridgehead atoms. The van der Waals surface area contributed by atoms with Crippen LogP contribution in [-0.4, -0.2) is 39.8 Å². The molecule has 1 fully saturated rings. The summed E-state index contributed by atoms with van der Waals surface area (Å²) in [5.74, 6) is -0.332. The van der Waals surface area contributed by atoms with Gasteiger partial charge in [0.05, 0.1) is 22.1 Å². The number of hydrogen-bond donors (Lipinski definition) is 2. The van der Waals surface area contributed by atoms with Gasteiger partial charge in [0, 0.05) is 4.88 Å². The Morgan fingerprint density at radius 2 is 1.90 bits per heavy atom. The number of nitrogens with two attached hydrogens (primary N) is 1. The molecule has 164 valence electrons. The smallest absolute Gasteiger partial charge is 0.259 e. The lowest BCUT2D eigenvalue weighted by molar-refractivity contribution is -0.0772. The largest absolute Gasteiger partial charge is 0.369 e. The minimum absolute atomic E-state index is 0. The van der Waals surface area contributed by atoms with Crippen LogP contribution in [0.5, 0.6) is 0 Å². The van der Waals surface area contributed by atoms with Crippen molar-refractivity contribution in [2.75, 3.05) is 25.4 Å². The zero-order valence-corrected chi connectivity index (χ0v) is 19.4. The number of thiophene rings is 1. The summed E-state index contributed by atoms with van der Waals surface area (Å²) in [5, 5.41) is 3.38. The van der Waals surface area contributed by atoms with E-state index < -0.39 is 15.7 Å². The number of nitrogens with one attached hydrogen (secondary N) is 1. The maximum atomic E-state index is 12.2. The predicted molar refractivity (Wildman–Crippen MR) is 120 cm³/mol. The lowest BCUT2D eigenvalue weighted by Crippen LogP contribution is -2.44. The Hall–Kier alpha value is -1.45. The van der Waals surface area contributed by atoms with Crippen LogP contribution < -0.4 is 11.1 Å². The summed E-state index contributed by atoms with van der Waals surface area (Å²) in [4.78, 5) is 14.3. The standard InChI is InChI=1S/C21H26N2O4S2.ClH/c1-2-29(25,26)15-5-3-14(4-6-15)13-17-16-7-12-27-21(8-10-23-11-9-21)19(16)28-18(17)20(22)24;/h3-6,23H,2,7-13H2,1H3,(H2,22,24);1H. The summed E-state index contributed by atoms with van der Waals surface area (Å²) in [6, 6.07) is 6.96. The number of piperidine rings is 1. The monoisotopic (exact) mass is 470 g/mol. The molecule has 2 aliphatic heterocycles. The van der Waals surface area contributed by atoms with Crippen LogP contribution in [0.3, 0.4) is 0 Å². The fourth-order valence-electron chi connectivity index (χ4n) is 4.32. The topological polar surface area (TPSA) is 98.5 Å². The van der Waals surface area contributed by atoms with Gasteiger partial charge in [-0.2, -0.15) is 0 Å². The average molecular weight is 471 g/mol. The van der Waals surface area contributed by atoms with Gasteiger partial charge in [0.2, 0.25) is 0 Å². The third-order valence-corrected chi connectivity index (χ3v) is 9.16. The van der Waals surface area contributed by atoms with Gasteiger partial charge in [0.15, 0.2) is 9.84 Å². The van der Waals surface area contributed by atoms with E-state index in [-0.39, 0.29) is 23.8 Å². The minimum Gasteiger partial charge on any atom is -0.369 e. The number of ether oxygens (including phenoxy) is 1. The summed E-state index contributed by atoms with van der Waals surface area (Å²) in [6.07, 6.45) is 3.11. The van der Waals surface area contributed by atoms with Crippen LogP contribution >= 0.6 is 23.7 Å². The van der Waals surface area contributed by atoms with E-state index in [4.69, 9.17) is 10.5 Å². The van der Waals surface area contributed by atoms with Crippen molar-refractivity contribution in [1.82, 2.24) is 5.32 Å². The van der Waals surface area contributed by atoms with Gasteiger partial charge in [-0.1, -0.05) is 19.1 Å². The average Bonchev–Trinajstić information content (AvgIpc) is 3.09. The number of amides is 1. The summed E-state index contributed by atoms with van der Waals surface area (Å²) >= 11 is 1.48. The molecule has 1 spiro atoms. The number of carbonyl (C=O) groups excluding carboxylic acids is 1. The first-order valence-electron chi connectivity index (χ1n) is 9.97. The molecule has 0 saturated carbocycles. The second-order valence-electron chi connectivity index (χ2n) is 7.65. The molecule has 1 saturated heterocycles. The van der Waals surface area contributed by atoms with Crippen molar-refractivity contribution in [1.29, 1.82) is 0 Å². The molecule has 2 aromatic rings. The van der Waals surface area contributed by atoms with Gasteiger partial charge in [-0.25, -0.2) is 8.42 Å². The normalized spacial score (nSPS) is 17.9. The molecule has 9 heteroatoms. The summed E-state index contributed by atoms with van der Waals surface area (Å²) in [6.45, 7) is 4.07. The number of sulfone groups is 1. The number of carbonyl (C=O) groups is 1. The van der Waals surface area contributed by atoms with Gasteiger partial charge in [0.1, 0.15) is 5.60 Å². The first kappa shape index (κ1) is 23.2. The molecule has 4 rings (SSSR count). The molecule has 0 radical (unpaired) electrons. The van der Waals surface area contributed by atoms with Crippen LogP contribution in [0.25, 0.3) is 0 Å². The van der Waals surface area contributed by atoms with E-state index in [1.807, 2.05) is 12.1 Å². The molecule has 0 atom stereocenters. The molecule has 0 aliphatic carbocycles. The number of fused-ring (bicyclic) bond motifs is 2. The highest BCUT2D eigenvalue weighted by Gasteiger charge is 2.42. The Bertz CT molecular complexity index is 1030. The SMILES string of the molecule is CCS(=O)(=O)c1ccc(Cc2c(C(N)=O)sc3c2CCOC32CCNCC2)cc1.Cl. The van der Waals surface area contributed by atoms with Crippen LogP contribution in [0.2, 0.25) is 0 Å². The van der Waals surface area contributed by atoms with E-state index in [1.54, 1.807) is 19.1 Å². The van der Waals surface area contributed by atoms with Crippen LogP contribution in [0, 0.1) is 0 Å².